The highest BCUT2D eigenvalue weighted by Crippen LogP contribution is 2.38. The summed E-state index contributed by atoms with van der Waals surface area (Å²) in [6, 6.07) is 7.01. The zero-order chi connectivity index (χ0) is 22.5. The van der Waals surface area contributed by atoms with Gasteiger partial charge >= 0.3 is 6.03 Å². The van der Waals surface area contributed by atoms with Crippen molar-refractivity contribution in [1.29, 1.82) is 0 Å². The summed E-state index contributed by atoms with van der Waals surface area (Å²) in [5, 5.41) is 15.1. The van der Waals surface area contributed by atoms with Gasteiger partial charge in [-0.1, -0.05) is 42.3 Å². The zero-order valence-electron chi connectivity index (χ0n) is 16.5. The second-order valence-electron chi connectivity index (χ2n) is 6.43. The van der Waals surface area contributed by atoms with Crippen molar-refractivity contribution in [2.75, 3.05) is 0 Å². The average molecular weight is 466 g/mol. The highest BCUT2D eigenvalue weighted by atomic mass is 35.5. The fourth-order valence-electron chi connectivity index (χ4n) is 2.71. The molecule has 3 rings (SSSR count). The van der Waals surface area contributed by atoms with Crippen LogP contribution in [-0.2, 0) is 18.4 Å². The van der Waals surface area contributed by atoms with Crippen LogP contribution in [0.3, 0.4) is 0 Å². The molecule has 0 aliphatic heterocycles. The molecule has 0 atom stereocenters. The molecule has 0 spiro atoms. The van der Waals surface area contributed by atoms with E-state index in [1.165, 1.54) is 16.9 Å². The molecule has 3 N–H and O–H groups in total. The molecule has 0 saturated heterocycles. The molecule has 162 valence electrons. The minimum Gasteiger partial charge on any atom is -0.333 e. The number of nitrogens with one attached hydrogen (secondary N) is 3. The predicted octanol–water partition coefficient (Wildman–Crippen LogP) is 3.23. The van der Waals surface area contributed by atoms with Crippen LogP contribution in [0.15, 0.2) is 30.3 Å². The van der Waals surface area contributed by atoms with E-state index in [2.05, 4.69) is 31.6 Å². The van der Waals surface area contributed by atoms with Gasteiger partial charge in [0.2, 0.25) is 11.7 Å². The summed E-state index contributed by atoms with van der Waals surface area (Å²) < 4.78 is 14.7. The Morgan fingerprint density at radius 2 is 1.94 bits per heavy atom. The third-order valence-electron chi connectivity index (χ3n) is 4.23. The maximum absolute atomic E-state index is 14.7. The first kappa shape index (κ1) is 22.4. The molecule has 0 radical (unpaired) electrons. The van der Waals surface area contributed by atoms with Gasteiger partial charge in [0.05, 0.1) is 12.1 Å². The Balaban J connectivity index is 1.83. The van der Waals surface area contributed by atoms with Crippen molar-refractivity contribution in [2.24, 2.45) is 7.05 Å². The van der Waals surface area contributed by atoms with E-state index in [1.54, 1.807) is 32.2 Å². The van der Waals surface area contributed by atoms with Crippen LogP contribution < -0.4 is 16.2 Å². The molecule has 0 unspecified atom stereocenters. The summed E-state index contributed by atoms with van der Waals surface area (Å²) in [6.07, 6.45) is 0.218. The van der Waals surface area contributed by atoms with E-state index >= 15 is 0 Å². The van der Waals surface area contributed by atoms with Gasteiger partial charge < -0.3 is 5.32 Å². The number of urea groups is 1. The van der Waals surface area contributed by atoms with E-state index in [4.69, 9.17) is 23.2 Å². The first-order chi connectivity index (χ1) is 14.8. The Morgan fingerprint density at radius 3 is 2.58 bits per heavy atom. The Morgan fingerprint density at radius 1 is 1.16 bits per heavy atom. The Labute approximate surface area is 186 Å². The number of tetrazole rings is 1. The van der Waals surface area contributed by atoms with Crippen molar-refractivity contribution < 1.29 is 14.0 Å². The first-order valence-electron chi connectivity index (χ1n) is 9.13. The quantitative estimate of drug-likeness (QED) is 0.500. The second-order valence-corrected chi connectivity index (χ2v) is 7.27. The maximum atomic E-state index is 14.7. The van der Waals surface area contributed by atoms with E-state index in [-0.39, 0.29) is 30.3 Å². The molecular formula is C19H18Cl2FN7O2. The van der Waals surface area contributed by atoms with Gasteiger partial charge in [-0.2, -0.15) is 4.80 Å². The number of nitrogens with zero attached hydrogens (tertiary/aromatic N) is 4. The van der Waals surface area contributed by atoms with Crippen LogP contribution in [0.2, 0.25) is 10.0 Å². The maximum Gasteiger partial charge on any atom is 0.333 e. The smallest absolute Gasteiger partial charge is 0.333 e. The summed E-state index contributed by atoms with van der Waals surface area (Å²) in [6.45, 7) is 1.56. The lowest BCUT2D eigenvalue weighted by molar-refractivity contribution is -0.121. The van der Waals surface area contributed by atoms with Crippen LogP contribution in [0, 0.1) is 5.82 Å². The highest BCUT2D eigenvalue weighted by molar-refractivity contribution is 6.37. The van der Waals surface area contributed by atoms with Gasteiger partial charge in [0.15, 0.2) is 0 Å². The summed E-state index contributed by atoms with van der Waals surface area (Å²) in [7, 11) is 1.62. The number of aromatic nitrogens is 4. The van der Waals surface area contributed by atoms with Crippen molar-refractivity contribution in [1.82, 2.24) is 36.4 Å². The fraction of sp³-hybridized carbons (Fsp3) is 0.211. The molecule has 0 bridgehead atoms. The van der Waals surface area contributed by atoms with Crippen LogP contribution in [0.5, 0.6) is 0 Å². The molecule has 1 aromatic heterocycles. The molecule has 3 aromatic rings. The number of halogens is 3. The molecule has 0 aliphatic rings. The number of hydrogen-bond donors (Lipinski definition) is 3. The molecule has 1 heterocycles. The number of hydrogen-bond acceptors (Lipinski definition) is 5. The summed E-state index contributed by atoms with van der Waals surface area (Å²) in [5.74, 6) is -0.625. The number of carbonyl (C=O) groups is 2. The second kappa shape index (κ2) is 9.71. The van der Waals surface area contributed by atoms with Gasteiger partial charge in [-0.15, -0.1) is 10.2 Å². The molecule has 12 heteroatoms. The Bertz CT molecular complexity index is 1140. The predicted molar refractivity (Wildman–Crippen MR) is 113 cm³/mol. The van der Waals surface area contributed by atoms with Crippen LogP contribution >= 0.6 is 23.2 Å². The molecule has 2 aromatic carbocycles. The lowest BCUT2D eigenvalue weighted by atomic mass is 9.97. The molecule has 0 saturated carbocycles. The first-order valence-corrected chi connectivity index (χ1v) is 9.89. The van der Waals surface area contributed by atoms with E-state index in [9.17, 15) is 14.0 Å². The van der Waals surface area contributed by atoms with Gasteiger partial charge in [-0.05, 0) is 34.5 Å². The average Bonchev–Trinajstić information content (AvgIpc) is 3.16. The van der Waals surface area contributed by atoms with Crippen molar-refractivity contribution in [2.45, 2.75) is 19.9 Å². The lowest BCUT2D eigenvalue weighted by Gasteiger charge is -2.12. The summed E-state index contributed by atoms with van der Waals surface area (Å²) >= 11 is 12.5. The monoisotopic (exact) mass is 465 g/mol. The van der Waals surface area contributed by atoms with Gasteiger partial charge in [0.1, 0.15) is 5.82 Å². The SMILES string of the molecule is CCC(=O)NNC(=O)NCc1ccc(-c2cc(Cl)cc(Cl)c2-c2nnn(C)n2)cc1F. The minimum atomic E-state index is -0.664. The zero-order valence-corrected chi connectivity index (χ0v) is 18.1. The molecule has 9 nitrogen and oxygen atoms in total. The van der Waals surface area contributed by atoms with E-state index in [0.717, 1.165) is 0 Å². The van der Waals surface area contributed by atoms with Gasteiger partial charge in [0.25, 0.3) is 0 Å². The number of aryl methyl sites for hydroxylation is 1. The number of benzene rings is 2. The topological polar surface area (TPSA) is 114 Å². The van der Waals surface area contributed by atoms with Crippen LogP contribution in [0.25, 0.3) is 22.5 Å². The fourth-order valence-corrected chi connectivity index (χ4v) is 3.28. The van der Waals surface area contributed by atoms with E-state index in [0.29, 0.717) is 26.7 Å². The Kier molecular flexibility index (Phi) is 7.03. The third kappa shape index (κ3) is 5.47. The molecule has 3 amide bonds. The molecular weight excluding hydrogens is 448 g/mol. The standard InChI is InChI=1S/C19H18Cl2FN7O2/c1-3-16(30)24-26-19(31)23-9-11-5-4-10(6-15(11)22)13-7-12(20)8-14(21)17(13)18-25-28-29(2)27-18/h4-8H,3,9H2,1-2H3,(H,24,30)(H2,23,26,31). The summed E-state index contributed by atoms with van der Waals surface area (Å²) in [5.41, 5.74) is 6.12. The van der Waals surface area contributed by atoms with Gasteiger partial charge in [-0.3, -0.25) is 10.2 Å². The number of rotatable bonds is 5. The largest absolute Gasteiger partial charge is 0.333 e. The highest BCUT2D eigenvalue weighted by Gasteiger charge is 2.18. The number of hydrazine groups is 1. The van der Waals surface area contributed by atoms with Crippen molar-refractivity contribution in [3.05, 3.63) is 51.8 Å². The van der Waals surface area contributed by atoms with Crippen LogP contribution in [0.1, 0.15) is 18.9 Å². The van der Waals surface area contributed by atoms with Crippen LogP contribution in [0.4, 0.5) is 9.18 Å². The lowest BCUT2D eigenvalue weighted by Crippen LogP contribution is -2.46. The number of amides is 3. The van der Waals surface area contributed by atoms with Crippen LogP contribution in [-0.4, -0.2) is 32.1 Å². The molecule has 31 heavy (non-hydrogen) atoms. The third-order valence-corrected chi connectivity index (χ3v) is 4.74. The van der Waals surface area contributed by atoms with Gasteiger partial charge in [0, 0.05) is 29.1 Å². The van der Waals surface area contributed by atoms with Crippen molar-refractivity contribution in [3.63, 3.8) is 0 Å². The van der Waals surface area contributed by atoms with E-state index < -0.39 is 11.8 Å². The van der Waals surface area contributed by atoms with Crippen molar-refractivity contribution in [3.8, 4) is 22.5 Å². The van der Waals surface area contributed by atoms with E-state index in [1.807, 2.05) is 0 Å². The van der Waals surface area contributed by atoms with Crippen molar-refractivity contribution >= 4 is 35.1 Å². The summed E-state index contributed by atoms with van der Waals surface area (Å²) in [4.78, 5) is 24.1. The Hall–Kier alpha value is -3.24. The minimum absolute atomic E-state index is 0.0885. The molecule has 0 aliphatic carbocycles. The number of carbonyl (C=O) groups excluding carboxylic acids is 2. The normalized spacial score (nSPS) is 10.6. The molecule has 0 fully saturated rings. The van der Waals surface area contributed by atoms with Gasteiger partial charge in [-0.25, -0.2) is 14.6 Å².